The highest BCUT2D eigenvalue weighted by atomic mass is 79.9. The lowest BCUT2D eigenvalue weighted by Crippen LogP contribution is -2.29. The maximum absolute atomic E-state index is 11.9. The Bertz CT molecular complexity index is 434. The average molecular weight is 288 g/mol. The highest BCUT2D eigenvalue weighted by Crippen LogP contribution is 2.33. The van der Waals surface area contributed by atoms with Gasteiger partial charge >= 0.3 is 0 Å². The van der Waals surface area contributed by atoms with E-state index in [0.29, 0.717) is 16.6 Å². The second-order valence-electron chi connectivity index (χ2n) is 3.53. The number of thiol groups is 1. The van der Waals surface area contributed by atoms with Crippen LogP contribution in [0.3, 0.4) is 0 Å². The van der Waals surface area contributed by atoms with Crippen LogP contribution in [0.5, 0.6) is 5.75 Å². The summed E-state index contributed by atoms with van der Waals surface area (Å²) in [5.74, 6) is 0.0195. The molecule has 0 saturated carbocycles. The zero-order chi connectivity index (χ0) is 11.2. The Morgan fingerprint density at radius 1 is 1.60 bits per heavy atom. The van der Waals surface area contributed by atoms with E-state index in [-0.39, 0.29) is 17.0 Å². The number of fused-ring (bicyclic) bond motifs is 1. The van der Waals surface area contributed by atoms with Gasteiger partial charge in [-0.05, 0) is 40.5 Å². The van der Waals surface area contributed by atoms with Gasteiger partial charge in [0, 0.05) is 12.1 Å². The Morgan fingerprint density at radius 2 is 2.27 bits per heavy atom. The van der Waals surface area contributed by atoms with Gasteiger partial charge in [-0.2, -0.15) is 12.6 Å². The van der Waals surface area contributed by atoms with Crippen molar-refractivity contribution in [1.82, 2.24) is 4.90 Å². The summed E-state index contributed by atoms with van der Waals surface area (Å²) in [5.41, 5.74) is 1.49. The quantitative estimate of drug-likeness (QED) is 0.779. The van der Waals surface area contributed by atoms with E-state index in [4.69, 9.17) is 0 Å². The monoisotopic (exact) mass is 287 g/mol. The van der Waals surface area contributed by atoms with Crippen LogP contribution in [-0.4, -0.2) is 21.3 Å². The standard InChI is InChI=1S/C10H10BrNO2S/c1-5(15)12-4-6-2-8(11)9(13)3-7(6)10(12)14/h2-3,5,13,15H,4H2,1H3. The summed E-state index contributed by atoms with van der Waals surface area (Å²) in [6.07, 6.45) is 0. The van der Waals surface area contributed by atoms with Crippen molar-refractivity contribution >= 4 is 34.5 Å². The van der Waals surface area contributed by atoms with Crippen molar-refractivity contribution in [1.29, 1.82) is 0 Å². The molecule has 0 fully saturated rings. The van der Waals surface area contributed by atoms with Gasteiger partial charge in [-0.25, -0.2) is 0 Å². The van der Waals surface area contributed by atoms with Crippen molar-refractivity contribution in [2.24, 2.45) is 0 Å². The molecule has 0 aliphatic carbocycles. The van der Waals surface area contributed by atoms with E-state index in [9.17, 15) is 9.90 Å². The molecule has 1 aliphatic rings. The van der Waals surface area contributed by atoms with Crippen LogP contribution in [0.2, 0.25) is 0 Å². The second kappa shape index (κ2) is 3.72. The lowest BCUT2D eigenvalue weighted by Gasteiger charge is -2.18. The van der Waals surface area contributed by atoms with Gasteiger partial charge in [0.05, 0.1) is 9.85 Å². The van der Waals surface area contributed by atoms with E-state index < -0.39 is 0 Å². The molecule has 1 atom stereocenters. The Balaban J connectivity index is 2.46. The minimum atomic E-state index is -0.120. The number of phenolic OH excluding ortho intramolecular Hbond substituents is 1. The van der Waals surface area contributed by atoms with Crippen LogP contribution in [0.15, 0.2) is 16.6 Å². The number of carbonyl (C=O) groups excluding carboxylic acids is 1. The largest absolute Gasteiger partial charge is 0.507 e. The first kappa shape index (κ1) is 10.8. The third-order valence-corrected chi connectivity index (χ3v) is 3.37. The molecule has 1 aromatic carbocycles. The predicted molar refractivity (Wildman–Crippen MR) is 64.1 cm³/mol. The van der Waals surface area contributed by atoms with E-state index in [1.165, 1.54) is 6.07 Å². The molecule has 15 heavy (non-hydrogen) atoms. The molecule has 1 unspecified atom stereocenters. The normalized spacial score (nSPS) is 16.7. The van der Waals surface area contributed by atoms with Crippen molar-refractivity contribution < 1.29 is 9.90 Å². The number of hydrogen-bond acceptors (Lipinski definition) is 3. The van der Waals surface area contributed by atoms with Gasteiger partial charge in [0.1, 0.15) is 5.75 Å². The summed E-state index contributed by atoms with van der Waals surface area (Å²) in [5, 5.41) is 9.37. The Morgan fingerprint density at radius 3 is 2.87 bits per heavy atom. The Kier molecular flexibility index (Phi) is 2.68. The van der Waals surface area contributed by atoms with Gasteiger partial charge in [-0.1, -0.05) is 0 Å². The molecule has 0 radical (unpaired) electrons. The molecule has 2 rings (SSSR count). The lowest BCUT2D eigenvalue weighted by atomic mass is 10.1. The van der Waals surface area contributed by atoms with Crippen molar-refractivity contribution in [2.75, 3.05) is 0 Å². The minimum Gasteiger partial charge on any atom is -0.507 e. The molecular formula is C10H10BrNO2S. The highest BCUT2D eigenvalue weighted by Gasteiger charge is 2.30. The average Bonchev–Trinajstić information content (AvgIpc) is 2.46. The molecule has 0 spiro atoms. The Labute approximate surface area is 102 Å². The number of hydrogen-bond donors (Lipinski definition) is 2. The predicted octanol–water partition coefficient (Wildman–Crippen LogP) is 2.39. The SMILES string of the molecule is CC(S)N1Cc2cc(Br)c(O)cc2C1=O. The molecule has 0 saturated heterocycles. The third kappa shape index (κ3) is 1.74. The summed E-state index contributed by atoms with van der Waals surface area (Å²) < 4.78 is 0.614. The van der Waals surface area contributed by atoms with Crippen LogP contribution in [0.1, 0.15) is 22.8 Å². The zero-order valence-electron chi connectivity index (χ0n) is 8.07. The fourth-order valence-corrected chi connectivity index (χ4v) is 2.22. The van der Waals surface area contributed by atoms with Gasteiger partial charge in [-0.15, -0.1) is 0 Å². The van der Waals surface area contributed by atoms with Crippen molar-refractivity contribution in [3.8, 4) is 5.75 Å². The topological polar surface area (TPSA) is 40.5 Å². The summed E-state index contributed by atoms with van der Waals surface area (Å²) in [7, 11) is 0. The maximum atomic E-state index is 11.9. The second-order valence-corrected chi connectivity index (χ2v) is 5.13. The summed E-state index contributed by atoms with van der Waals surface area (Å²) in [4.78, 5) is 13.5. The van der Waals surface area contributed by atoms with Gasteiger partial charge in [0.15, 0.2) is 0 Å². The molecule has 1 aromatic rings. The number of phenols is 1. The number of carbonyl (C=O) groups is 1. The minimum absolute atomic E-state index is 0.0738. The van der Waals surface area contributed by atoms with Crippen molar-refractivity contribution in [2.45, 2.75) is 18.8 Å². The summed E-state index contributed by atoms with van der Waals surface area (Å²) in [6.45, 7) is 2.40. The number of aromatic hydroxyl groups is 1. The first-order valence-electron chi connectivity index (χ1n) is 4.51. The molecule has 5 heteroatoms. The fourth-order valence-electron chi connectivity index (χ4n) is 1.64. The molecule has 0 bridgehead atoms. The van der Waals surface area contributed by atoms with E-state index in [1.54, 1.807) is 11.0 Å². The van der Waals surface area contributed by atoms with Crippen molar-refractivity contribution in [3.63, 3.8) is 0 Å². The fraction of sp³-hybridized carbons (Fsp3) is 0.300. The zero-order valence-corrected chi connectivity index (χ0v) is 10.5. The van der Waals surface area contributed by atoms with Crippen LogP contribution in [0.4, 0.5) is 0 Å². The van der Waals surface area contributed by atoms with Crippen LogP contribution in [0, 0.1) is 0 Å². The molecule has 0 aromatic heterocycles. The number of benzene rings is 1. The Hall–Kier alpha value is -0.680. The van der Waals surface area contributed by atoms with Crippen LogP contribution >= 0.6 is 28.6 Å². The number of nitrogens with zero attached hydrogens (tertiary/aromatic N) is 1. The molecular weight excluding hydrogens is 278 g/mol. The molecule has 1 N–H and O–H groups in total. The van der Waals surface area contributed by atoms with Gasteiger partial charge in [0.2, 0.25) is 0 Å². The molecule has 3 nitrogen and oxygen atoms in total. The maximum Gasteiger partial charge on any atom is 0.255 e. The summed E-state index contributed by atoms with van der Waals surface area (Å²) in [6, 6.07) is 3.27. The van der Waals surface area contributed by atoms with E-state index >= 15 is 0 Å². The van der Waals surface area contributed by atoms with Gasteiger partial charge in [0.25, 0.3) is 5.91 Å². The summed E-state index contributed by atoms with van der Waals surface area (Å²) >= 11 is 7.47. The van der Waals surface area contributed by atoms with Crippen LogP contribution in [0.25, 0.3) is 0 Å². The molecule has 80 valence electrons. The van der Waals surface area contributed by atoms with E-state index in [1.807, 2.05) is 6.92 Å². The van der Waals surface area contributed by atoms with Crippen LogP contribution in [-0.2, 0) is 6.54 Å². The van der Waals surface area contributed by atoms with E-state index in [2.05, 4.69) is 28.6 Å². The lowest BCUT2D eigenvalue weighted by molar-refractivity contribution is 0.0771. The first-order chi connectivity index (χ1) is 7.00. The number of halogens is 1. The number of amides is 1. The van der Waals surface area contributed by atoms with Crippen molar-refractivity contribution in [3.05, 3.63) is 27.7 Å². The number of rotatable bonds is 1. The van der Waals surface area contributed by atoms with Gasteiger partial charge < -0.3 is 10.0 Å². The van der Waals surface area contributed by atoms with Crippen LogP contribution < -0.4 is 0 Å². The van der Waals surface area contributed by atoms with E-state index in [0.717, 1.165) is 5.56 Å². The van der Waals surface area contributed by atoms with Gasteiger partial charge in [-0.3, -0.25) is 4.79 Å². The molecule has 1 amide bonds. The highest BCUT2D eigenvalue weighted by molar-refractivity contribution is 9.10. The molecule has 1 heterocycles. The molecule has 1 aliphatic heterocycles. The first-order valence-corrected chi connectivity index (χ1v) is 5.82. The third-order valence-electron chi connectivity index (χ3n) is 2.46. The smallest absolute Gasteiger partial charge is 0.255 e.